The molecule has 5 heteroatoms. The van der Waals surface area contributed by atoms with Gasteiger partial charge >= 0.3 is 0 Å². The van der Waals surface area contributed by atoms with Crippen LogP contribution in [0, 0.1) is 0 Å². The quantitative estimate of drug-likeness (QED) is 0.703. The van der Waals surface area contributed by atoms with Crippen LogP contribution < -0.4 is 10.6 Å². The zero-order valence-corrected chi connectivity index (χ0v) is 11.3. The molecule has 1 fully saturated rings. The summed E-state index contributed by atoms with van der Waals surface area (Å²) >= 11 is 0. The zero-order valence-electron chi connectivity index (χ0n) is 11.3. The summed E-state index contributed by atoms with van der Waals surface area (Å²) in [7, 11) is 2.09. The second-order valence-corrected chi connectivity index (χ2v) is 5.05. The topological polar surface area (TPSA) is 53.6 Å². The minimum atomic E-state index is -0.173. The van der Waals surface area contributed by atoms with Crippen molar-refractivity contribution >= 4 is 5.91 Å². The molecule has 0 radical (unpaired) electrons. The lowest BCUT2D eigenvalue weighted by atomic mass is 10.2. The van der Waals surface area contributed by atoms with Crippen molar-refractivity contribution in [3.8, 4) is 0 Å². The maximum absolute atomic E-state index is 11.7. The van der Waals surface area contributed by atoms with E-state index in [0.29, 0.717) is 0 Å². The molecule has 0 aromatic carbocycles. The number of ether oxygens (including phenoxy) is 1. The molecule has 1 rings (SSSR count). The summed E-state index contributed by atoms with van der Waals surface area (Å²) in [4.78, 5) is 13.9. The molecular weight excluding hydrogens is 218 g/mol. The van der Waals surface area contributed by atoms with E-state index >= 15 is 0 Å². The Bertz CT molecular complexity index is 246. The number of morpholine rings is 1. The summed E-state index contributed by atoms with van der Waals surface area (Å²) < 4.78 is 5.62. The average molecular weight is 243 g/mol. The van der Waals surface area contributed by atoms with E-state index in [-0.39, 0.29) is 24.1 Å². The molecule has 17 heavy (non-hydrogen) atoms. The van der Waals surface area contributed by atoms with Gasteiger partial charge in [0.25, 0.3) is 0 Å². The number of rotatable bonds is 5. The summed E-state index contributed by atoms with van der Waals surface area (Å²) in [5.74, 6) is 0.0455. The first-order valence-electron chi connectivity index (χ1n) is 6.33. The fourth-order valence-corrected chi connectivity index (χ4v) is 1.80. The third kappa shape index (κ3) is 5.48. The van der Waals surface area contributed by atoms with Gasteiger partial charge in [-0.2, -0.15) is 0 Å². The van der Waals surface area contributed by atoms with Crippen molar-refractivity contribution < 1.29 is 9.53 Å². The van der Waals surface area contributed by atoms with Gasteiger partial charge in [0.2, 0.25) is 5.91 Å². The number of hydrogen-bond acceptors (Lipinski definition) is 4. The standard InChI is InChI=1S/C12H25N3O2/c1-9(2)14-12(16)10(3)13-7-11-8-15(4)5-6-17-11/h9-11,13H,5-8H2,1-4H3,(H,14,16). The van der Waals surface area contributed by atoms with Crippen LogP contribution in [0.3, 0.4) is 0 Å². The van der Waals surface area contributed by atoms with Crippen LogP contribution in [0.2, 0.25) is 0 Å². The predicted octanol–water partition coefficient (Wildman–Crippen LogP) is -0.180. The summed E-state index contributed by atoms with van der Waals surface area (Å²) in [5.41, 5.74) is 0. The van der Waals surface area contributed by atoms with E-state index in [4.69, 9.17) is 4.74 Å². The molecule has 2 atom stereocenters. The van der Waals surface area contributed by atoms with Gasteiger partial charge in [-0.25, -0.2) is 0 Å². The molecule has 1 aliphatic heterocycles. The summed E-state index contributed by atoms with van der Waals surface area (Å²) in [6.07, 6.45) is 0.183. The molecule has 0 saturated carbocycles. The SMILES string of the molecule is CC(C)NC(=O)C(C)NCC1CN(C)CCO1. The smallest absolute Gasteiger partial charge is 0.237 e. The van der Waals surface area contributed by atoms with E-state index < -0.39 is 0 Å². The fourth-order valence-electron chi connectivity index (χ4n) is 1.80. The van der Waals surface area contributed by atoms with Gasteiger partial charge in [-0.1, -0.05) is 0 Å². The Hall–Kier alpha value is -0.650. The van der Waals surface area contributed by atoms with Crippen molar-refractivity contribution in [2.75, 3.05) is 33.3 Å². The van der Waals surface area contributed by atoms with E-state index in [1.807, 2.05) is 20.8 Å². The van der Waals surface area contributed by atoms with E-state index in [9.17, 15) is 4.79 Å². The van der Waals surface area contributed by atoms with Crippen LogP contribution in [-0.2, 0) is 9.53 Å². The fraction of sp³-hybridized carbons (Fsp3) is 0.917. The highest BCUT2D eigenvalue weighted by Gasteiger charge is 2.20. The van der Waals surface area contributed by atoms with Crippen LogP contribution in [0.15, 0.2) is 0 Å². The average Bonchev–Trinajstić information content (AvgIpc) is 2.25. The van der Waals surface area contributed by atoms with Gasteiger partial charge in [-0.15, -0.1) is 0 Å². The highest BCUT2D eigenvalue weighted by Crippen LogP contribution is 2.01. The number of nitrogens with one attached hydrogen (secondary N) is 2. The molecule has 0 aromatic heterocycles. The highest BCUT2D eigenvalue weighted by atomic mass is 16.5. The molecule has 0 aromatic rings. The summed E-state index contributed by atoms with van der Waals surface area (Å²) in [6, 6.07) is 0.0112. The second kappa shape index (κ2) is 6.93. The van der Waals surface area contributed by atoms with Crippen molar-refractivity contribution in [3.63, 3.8) is 0 Å². The Labute approximate surface area is 104 Å². The van der Waals surface area contributed by atoms with Crippen molar-refractivity contribution in [1.29, 1.82) is 0 Å². The van der Waals surface area contributed by atoms with E-state index in [1.54, 1.807) is 0 Å². The zero-order chi connectivity index (χ0) is 12.8. The minimum Gasteiger partial charge on any atom is -0.374 e. The normalized spacial score (nSPS) is 23.7. The second-order valence-electron chi connectivity index (χ2n) is 5.05. The Balaban J connectivity index is 2.22. The van der Waals surface area contributed by atoms with Crippen molar-refractivity contribution in [1.82, 2.24) is 15.5 Å². The van der Waals surface area contributed by atoms with Gasteiger partial charge in [-0.3, -0.25) is 4.79 Å². The van der Waals surface area contributed by atoms with Crippen molar-refractivity contribution in [3.05, 3.63) is 0 Å². The Morgan fingerprint density at radius 2 is 2.18 bits per heavy atom. The number of hydrogen-bond donors (Lipinski definition) is 2. The van der Waals surface area contributed by atoms with Gasteiger partial charge < -0.3 is 20.3 Å². The summed E-state index contributed by atoms with van der Waals surface area (Å²) in [5, 5.41) is 6.10. The Morgan fingerprint density at radius 3 is 2.76 bits per heavy atom. The molecule has 1 aliphatic rings. The van der Waals surface area contributed by atoms with E-state index in [0.717, 1.165) is 26.2 Å². The van der Waals surface area contributed by atoms with E-state index in [2.05, 4.69) is 22.6 Å². The first-order valence-corrected chi connectivity index (χ1v) is 6.33. The molecule has 1 heterocycles. The third-order valence-electron chi connectivity index (χ3n) is 2.82. The number of likely N-dealkylation sites (N-methyl/N-ethyl adjacent to an activating group) is 1. The first-order chi connectivity index (χ1) is 7.99. The largest absolute Gasteiger partial charge is 0.374 e. The molecule has 5 nitrogen and oxygen atoms in total. The molecule has 0 aliphatic carbocycles. The van der Waals surface area contributed by atoms with Gasteiger partial charge in [0.1, 0.15) is 0 Å². The lowest BCUT2D eigenvalue weighted by Gasteiger charge is -2.30. The van der Waals surface area contributed by atoms with Crippen molar-refractivity contribution in [2.24, 2.45) is 0 Å². The van der Waals surface area contributed by atoms with Crippen LogP contribution >= 0.6 is 0 Å². The summed E-state index contributed by atoms with van der Waals surface area (Å²) in [6.45, 7) is 9.20. The number of amides is 1. The maximum Gasteiger partial charge on any atom is 0.237 e. The molecular formula is C12H25N3O2. The third-order valence-corrected chi connectivity index (χ3v) is 2.82. The van der Waals surface area contributed by atoms with Crippen molar-refractivity contribution in [2.45, 2.75) is 39.0 Å². The van der Waals surface area contributed by atoms with Gasteiger partial charge in [-0.05, 0) is 27.8 Å². The minimum absolute atomic E-state index is 0.0455. The van der Waals surface area contributed by atoms with Crippen LogP contribution in [0.5, 0.6) is 0 Å². The van der Waals surface area contributed by atoms with Gasteiger partial charge in [0.05, 0.1) is 18.8 Å². The molecule has 2 N–H and O–H groups in total. The lowest BCUT2D eigenvalue weighted by molar-refractivity contribution is -0.123. The molecule has 0 bridgehead atoms. The number of carbonyl (C=O) groups is 1. The molecule has 1 saturated heterocycles. The van der Waals surface area contributed by atoms with Crippen LogP contribution in [0.25, 0.3) is 0 Å². The van der Waals surface area contributed by atoms with Crippen LogP contribution in [-0.4, -0.2) is 62.3 Å². The van der Waals surface area contributed by atoms with Crippen LogP contribution in [0.4, 0.5) is 0 Å². The molecule has 2 unspecified atom stereocenters. The molecule has 0 spiro atoms. The highest BCUT2D eigenvalue weighted by molar-refractivity contribution is 5.81. The van der Waals surface area contributed by atoms with Crippen LogP contribution in [0.1, 0.15) is 20.8 Å². The molecule has 1 amide bonds. The maximum atomic E-state index is 11.7. The first kappa shape index (κ1) is 14.4. The lowest BCUT2D eigenvalue weighted by Crippen LogP contribution is -2.50. The number of nitrogens with zero attached hydrogens (tertiary/aromatic N) is 1. The molecule has 100 valence electrons. The number of carbonyl (C=O) groups excluding carboxylic acids is 1. The van der Waals surface area contributed by atoms with E-state index in [1.165, 1.54) is 0 Å². The van der Waals surface area contributed by atoms with Gasteiger partial charge in [0, 0.05) is 25.7 Å². The Kier molecular flexibility index (Phi) is 5.88. The Morgan fingerprint density at radius 1 is 1.47 bits per heavy atom. The van der Waals surface area contributed by atoms with Gasteiger partial charge in [0.15, 0.2) is 0 Å². The predicted molar refractivity (Wildman–Crippen MR) is 68.0 cm³/mol. The monoisotopic (exact) mass is 243 g/mol.